The molecule has 0 aliphatic carbocycles. The minimum Gasteiger partial charge on any atom is -0.296 e. The third kappa shape index (κ3) is 2.86. The number of carbonyl (C=O) groups excluding carboxylic acids is 1. The van der Waals surface area contributed by atoms with E-state index in [9.17, 15) is 4.79 Å². The Bertz CT molecular complexity index is 355. The smallest absolute Gasteiger partial charge is 0.176 e. The maximum Gasteiger partial charge on any atom is 0.176 e. The predicted molar refractivity (Wildman–Crippen MR) is 68.2 cm³/mol. The first-order chi connectivity index (χ1) is 7.79. The molecule has 3 heteroatoms. The molecular weight excluding hydrogens is 218 g/mol. The molecule has 1 aromatic rings. The highest BCUT2D eigenvalue weighted by molar-refractivity contribution is 7.98. The first-order valence-electron chi connectivity index (χ1n) is 5.69. The molecule has 0 N–H and O–H groups in total. The van der Waals surface area contributed by atoms with E-state index in [4.69, 9.17) is 0 Å². The number of carbonyl (C=O) groups is 1. The van der Waals surface area contributed by atoms with Gasteiger partial charge in [-0.05, 0) is 44.3 Å². The normalized spacial score (nSPS) is 16.6. The first kappa shape index (κ1) is 11.7. The molecule has 0 unspecified atom stereocenters. The summed E-state index contributed by atoms with van der Waals surface area (Å²) < 4.78 is 0. The van der Waals surface area contributed by atoms with Crippen molar-refractivity contribution in [3.05, 3.63) is 29.8 Å². The minimum absolute atomic E-state index is 0.245. The second kappa shape index (κ2) is 5.51. The van der Waals surface area contributed by atoms with Crippen LogP contribution in [-0.4, -0.2) is 36.6 Å². The first-order valence-corrected chi connectivity index (χ1v) is 6.91. The Labute approximate surface area is 101 Å². The van der Waals surface area contributed by atoms with E-state index < -0.39 is 0 Å². The van der Waals surface area contributed by atoms with Gasteiger partial charge in [-0.2, -0.15) is 0 Å². The zero-order valence-corrected chi connectivity index (χ0v) is 10.4. The molecule has 0 aromatic heterocycles. The highest BCUT2D eigenvalue weighted by Crippen LogP contribution is 2.16. The summed E-state index contributed by atoms with van der Waals surface area (Å²) in [4.78, 5) is 15.4. The standard InChI is InChI=1S/C13H17NOS/c1-16-12-6-4-11(5-7-12)13(15)10-14-8-2-3-9-14/h4-7H,2-3,8-10H2,1H3. The van der Waals surface area contributed by atoms with Gasteiger partial charge in [0.2, 0.25) is 0 Å². The van der Waals surface area contributed by atoms with Gasteiger partial charge in [0, 0.05) is 10.5 Å². The van der Waals surface area contributed by atoms with Crippen molar-refractivity contribution in [1.82, 2.24) is 4.90 Å². The summed E-state index contributed by atoms with van der Waals surface area (Å²) in [6.45, 7) is 2.74. The average Bonchev–Trinajstić information content (AvgIpc) is 2.82. The Kier molecular flexibility index (Phi) is 4.02. The molecule has 0 atom stereocenters. The van der Waals surface area contributed by atoms with Crippen molar-refractivity contribution in [2.75, 3.05) is 25.9 Å². The van der Waals surface area contributed by atoms with Crippen molar-refractivity contribution in [2.45, 2.75) is 17.7 Å². The molecule has 1 heterocycles. The Hall–Kier alpha value is -0.800. The summed E-state index contributed by atoms with van der Waals surface area (Å²) in [6, 6.07) is 7.90. The van der Waals surface area contributed by atoms with Crippen LogP contribution < -0.4 is 0 Å². The van der Waals surface area contributed by atoms with Crippen molar-refractivity contribution < 1.29 is 4.79 Å². The van der Waals surface area contributed by atoms with E-state index in [-0.39, 0.29) is 5.78 Å². The van der Waals surface area contributed by atoms with Gasteiger partial charge in [-0.1, -0.05) is 12.1 Å². The lowest BCUT2D eigenvalue weighted by atomic mass is 10.1. The molecule has 1 aromatic carbocycles. The zero-order valence-electron chi connectivity index (χ0n) is 9.61. The summed E-state index contributed by atoms with van der Waals surface area (Å²) >= 11 is 1.70. The summed E-state index contributed by atoms with van der Waals surface area (Å²) in [7, 11) is 0. The molecule has 2 nitrogen and oxygen atoms in total. The number of hydrogen-bond donors (Lipinski definition) is 0. The van der Waals surface area contributed by atoms with Gasteiger partial charge in [0.25, 0.3) is 0 Å². The molecule has 16 heavy (non-hydrogen) atoms. The highest BCUT2D eigenvalue weighted by atomic mass is 32.2. The van der Waals surface area contributed by atoms with E-state index in [1.54, 1.807) is 11.8 Å². The highest BCUT2D eigenvalue weighted by Gasteiger charge is 2.15. The second-order valence-corrected chi connectivity index (χ2v) is 5.01. The fraction of sp³-hybridized carbons (Fsp3) is 0.462. The zero-order chi connectivity index (χ0) is 11.4. The van der Waals surface area contributed by atoms with Crippen molar-refractivity contribution in [2.24, 2.45) is 0 Å². The molecule has 1 aliphatic rings. The van der Waals surface area contributed by atoms with Crippen LogP contribution in [0.1, 0.15) is 23.2 Å². The lowest BCUT2D eigenvalue weighted by Crippen LogP contribution is -2.26. The largest absolute Gasteiger partial charge is 0.296 e. The number of benzene rings is 1. The van der Waals surface area contributed by atoms with E-state index in [0.717, 1.165) is 18.7 Å². The summed E-state index contributed by atoms with van der Waals surface area (Å²) in [5, 5.41) is 0. The van der Waals surface area contributed by atoms with Crippen LogP contribution in [-0.2, 0) is 0 Å². The van der Waals surface area contributed by atoms with Gasteiger partial charge >= 0.3 is 0 Å². The lowest BCUT2D eigenvalue weighted by molar-refractivity contribution is 0.0945. The number of thioether (sulfide) groups is 1. The van der Waals surface area contributed by atoms with Crippen molar-refractivity contribution >= 4 is 17.5 Å². The molecule has 0 spiro atoms. The molecule has 0 radical (unpaired) electrons. The van der Waals surface area contributed by atoms with Gasteiger partial charge in [-0.15, -0.1) is 11.8 Å². The number of Topliss-reactive ketones (excluding diaryl/α,β-unsaturated/α-hetero) is 1. The molecule has 1 aliphatic heterocycles. The van der Waals surface area contributed by atoms with E-state index in [2.05, 4.69) is 4.90 Å². The van der Waals surface area contributed by atoms with Crippen LogP contribution >= 0.6 is 11.8 Å². The van der Waals surface area contributed by atoms with Crippen LogP contribution in [0.3, 0.4) is 0 Å². The van der Waals surface area contributed by atoms with E-state index in [1.165, 1.54) is 17.7 Å². The Morgan fingerprint density at radius 2 is 1.88 bits per heavy atom. The van der Waals surface area contributed by atoms with Crippen molar-refractivity contribution in [3.8, 4) is 0 Å². The number of rotatable bonds is 4. The molecule has 2 rings (SSSR count). The van der Waals surface area contributed by atoms with Gasteiger partial charge < -0.3 is 0 Å². The number of hydrogen-bond acceptors (Lipinski definition) is 3. The molecule has 0 amide bonds. The summed E-state index contributed by atoms with van der Waals surface area (Å²) in [5.74, 6) is 0.245. The Balaban J connectivity index is 1.97. The fourth-order valence-corrected chi connectivity index (χ4v) is 2.42. The van der Waals surface area contributed by atoms with Crippen LogP contribution in [0.25, 0.3) is 0 Å². The third-order valence-corrected chi connectivity index (χ3v) is 3.72. The summed E-state index contributed by atoms with van der Waals surface area (Å²) in [6.07, 6.45) is 4.51. The molecule has 1 saturated heterocycles. The number of ketones is 1. The predicted octanol–water partition coefficient (Wildman–Crippen LogP) is 2.69. The molecular formula is C13H17NOS. The number of nitrogens with zero attached hydrogens (tertiary/aromatic N) is 1. The quantitative estimate of drug-likeness (QED) is 0.591. The van der Waals surface area contributed by atoms with Gasteiger partial charge in [-0.3, -0.25) is 9.69 Å². The van der Waals surface area contributed by atoms with Gasteiger partial charge in [0.1, 0.15) is 0 Å². The molecule has 86 valence electrons. The molecule has 0 saturated carbocycles. The van der Waals surface area contributed by atoms with E-state index >= 15 is 0 Å². The molecule has 1 fully saturated rings. The van der Waals surface area contributed by atoms with Crippen LogP contribution in [0.15, 0.2) is 29.2 Å². The minimum atomic E-state index is 0.245. The third-order valence-electron chi connectivity index (χ3n) is 2.98. The van der Waals surface area contributed by atoms with Crippen molar-refractivity contribution in [1.29, 1.82) is 0 Å². The Morgan fingerprint density at radius 3 is 2.44 bits per heavy atom. The Morgan fingerprint density at radius 1 is 1.25 bits per heavy atom. The number of likely N-dealkylation sites (tertiary alicyclic amines) is 1. The molecule has 0 bridgehead atoms. The average molecular weight is 235 g/mol. The van der Waals surface area contributed by atoms with E-state index in [1.807, 2.05) is 30.5 Å². The maximum atomic E-state index is 12.0. The second-order valence-electron chi connectivity index (χ2n) is 4.13. The van der Waals surface area contributed by atoms with Gasteiger partial charge in [0.05, 0.1) is 6.54 Å². The lowest BCUT2D eigenvalue weighted by Gasteiger charge is -2.13. The van der Waals surface area contributed by atoms with Crippen LogP contribution in [0.2, 0.25) is 0 Å². The van der Waals surface area contributed by atoms with Crippen molar-refractivity contribution in [3.63, 3.8) is 0 Å². The monoisotopic (exact) mass is 235 g/mol. The van der Waals surface area contributed by atoms with Crippen LogP contribution in [0.5, 0.6) is 0 Å². The van der Waals surface area contributed by atoms with Crippen LogP contribution in [0.4, 0.5) is 0 Å². The summed E-state index contributed by atoms with van der Waals surface area (Å²) in [5.41, 5.74) is 0.838. The van der Waals surface area contributed by atoms with E-state index in [0.29, 0.717) is 6.54 Å². The topological polar surface area (TPSA) is 20.3 Å². The fourth-order valence-electron chi connectivity index (χ4n) is 2.01. The van der Waals surface area contributed by atoms with Gasteiger partial charge in [0.15, 0.2) is 5.78 Å². The SMILES string of the molecule is CSc1ccc(C(=O)CN2CCCC2)cc1. The maximum absolute atomic E-state index is 12.0. The van der Waals surface area contributed by atoms with Gasteiger partial charge in [-0.25, -0.2) is 0 Å². The van der Waals surface area contributed by atoms with Crippen LogP contribution in [0, 0.1) is 0 Å².